The number of carbonyl (C=O) groups is 1. The molecule has 46 heavy (non-hydrogen) atoms. The molecule has 0 bridgehead atoms. The molecule has 254 valence electrons. The molecule has 2 aliphatic heterocycles. The fraction of sp³-hybridized carbons (Fsp3) is 0.571. The number of ether oxygens (including phenoxy) is 3. The maximum Gasteiger partial charge on any atom is 0.318 e. The van der Waals surface area contributed by atoms with Crippen molar-refractivity contribution in [3.8, 4) is 0 Å². The maximum absolute atomic E-state index is 13.3. The molecule has 2 atom stereocenters. The molecule has 0 radical (unpaired) electrons. The summed E-state index contributed by atoms with van der Waals surface area (Å²) in [5, 5.41) is 16.0. The minimum Gasteiger partial charge on any atom is -0.460 e. The summed E-state index contributed by atoms with van der Waals surface area (Å²) in [6.45, 7) is 4.77. The van der Waals surface area contributed by atoms with Crippen molar-refractivity contribution in [2.24, 2.45) is 0 Å². The Balaban J connectivity index is 1.08. The average molecular weight is 658 g/mol. The number of urea groups is 1. The summed E-state index contributed by atoms with van der Waals surface area (Å²) in [6.07, 6.45) is 9.44. The Morgan fingerprint density at radius 1 is 0.978 bits per heavy atom. The lowest BCUT2D eigenvalue weighted by Crippen LogP contribution is -2.47. The van der Waals surface area contributed by atoms with E-state index in [1.54, 1.807) is 17.0 Å². The van der Waals surface area contributed by atoms with Crippen LogP contribution in [0, 0.1) is 0 Å². The molecule has 1 saturated heterocycles. The monoisotopic (exact) mass is 657 g/mol. The van der Waals surface area contributed by atoms with E-state index < -0.39 is 27.5 Å². The van der Waals surface area contributed by atoms with Crippen molar-refractivity contribution in [2.45, 2.75) is 93.7 Å². The maximum atomic E-state index is 13.3. The van der Waals surface area contributed by atoms with Gasteiger partial charge in [0.05, 0.1) is 10.1 Å². The highest BCUT2D eigenvalue weighted by molar-refractivity contribution is 7.92. The lowest BCUT2D eigenvalue weighted by molar-refractivity contribution is -0.0784. The zero-order valence-electron chi connectivity index (χ0n) is 27.1. The zero-order chi connectivity index (χ0) is 32.6. The largest absolute Gasteiger partial charge is 0.460 e. The number of nitrogens with one attached hydrogen (secondary N) is 2. The molecular formula is C35H51N3O7S. The second kappa shape index (κ2) is 18.8. The second-order valence-corrected chi connectivity index (χ2v) is 14.3. The number of unbranched alkanes of at least 4 members (excludes halogenated alkanes) is 5. The van der Waals surface area contributed by atoms with Crippen LogP contribution in [0.4, 0.5) is 4.79 Å². The van der Waals surface area contributed by atoms with Crippen molar-refractivity contribution in [3.63, 3.8) is 0 Å². The first-order valence-electron chi connectivity index (χ1n) is 16.8. The average Bonchev–Trinajstić information content (AvgIpc) is 3.53. The number of aliphatic hydroxyl groups is 1. The van der Waals surface area contributed by atoms with Crippen LogP contribution in [0.2, 0.25) is 0 Å². The molecule has 2 aromatic rings. The molecule has 0 spiro atoms. The highest BCUT2D eigenvalue weighted by Crippen LogP contribution is 2.25. The van der Waals surface area contributed by atoms with Gasteiger partial charge in [0.15, 0.2) is 16.1 Å². The van der Waals surface area contributed by atoms with Crippen molar-refractivity contribution in [1.29, 1.82) is 0 Å². The van der Waals surface area contributed by atoms with Crippen molar-refractivity contribution < 1.29 is 32.5 Å². The number of nitrogens with zero attached hydrogens (tertiary/aromatic N) is 1. The van der Waals surface area contributed by atoms with Gasteiger partial charge in [0.2, 0.25) is 6.29 Å². The van der Waals surface area contributed by atoms with Gasteiger partial charge in [0, 0.05) is 32.6 Å². The van der Waals surface area contributed by atoms with Crippen LogP contribution >= 0.6 is 0 Å². The number of sulfone groups is 1. The fourth-order valence-corrected chi connectivity index (χ4v) is 7.37. The number of benzene rings is 2. The van der Waals surface area contributed by atoms with Crippen LogP contribution in [0.25, 0.3) is 0 Å². The Labute approximate surface area is 274 Å². The van der Waals surface area contributed by atoms with Crippen LogP contribution in [-0.2, 0) is 36.9 Å². The van der Waals surface area contributed by atoms with Gasteiger partial charge in [-0.15, -0.1) is 0 Å². The van der Waals surface area contributed by atoms with Crippen LogP contribution in [0.5, 0.6) is 0 Å². The molecule has 2 aliphatic rings. The van der Waals surface area contributed by atoms with Crippen LogP contribution in [-0.4, -0.2) is 81.4 Å². The molecule has 10 nitrogen and oxygen atoms in total. The number of rotatable bonds is 19. The molecular weight excluding hydrogens is 606 g/mol. The number of hydrogen-bond acceptors (Lipinski definition) is 8. The van der Waals surface area contributed by atoms with Gasteiger partial charge in [-0.1, -0.05) is 81.5 Å². The number of aliphatic hydroxyl groups excluding tert-OH is 1. The van der Waals surface area contributed by atoms with E-state index in [4.69, 9.17) is 14.2 Å². The van der Waals surface area contributed by atoms with E-state index in [-0.39, 0.29) is 18.6 Å². The molecule has 2 amide bonds. The Morgan fingerprint density at radius 3 is 2.43 bits per heavy atom. The van der Waals surface area contributed by atoms with Gasteiger partial charge in [0.1, 0.15) is 12.7 Å². The van der Waals surface area contributed by atoms with Gasteiger partial charge in [-0.2, -0.15) is 0 Å². The lowest BCUT2D eigenvalue weighted by Gasteiger charge is -2.31. The summed E-state index contributed by atoms with van der Waals surface area (Å²) < 4.78 is 43.3. The molecule has 3 N–H and O–H groups in total. The standard InChI is InChI=1S/C35H51N3O7S/c1-2-3-4-5-6-10-20-37-35(40)38-22-18-32(19-23-38)46(41,42)31-15-13-28(14-16-31)17-21-36-25-30(39)26-43-34-27-44-33(45-34)24-29-11-8-7-9-12-29/h7-9,11-16,27,30,32-33,36,39H,2-6,10,17-26H2,1H3,(H,37,40)/t30-,33?/m0/s1. The smallest absolute Gasteiger partial charge is 0.318 e. The third-order valence-electron chi connectivity index (χ3n) is 8.42. The van der Waals surface area contributed by atoms with E-state index >= 15 is 0 Å². The lowest BCUT2D eigenvalue weighted by atomic mass is 10.1. The summed E-state index contributed by atoms with van der Waals surface area (Å²) in [6, 6.07) is 16.8. The van der Waals surface area contributed by atoms with Gasteiger partial charge < -0.3 is 34.9 Å². The number of piperidine rings is 1. The van der Waals surface area contributed by atoms with Crippen LogP contribution in [0.1, 0.15) is 69.4 Å². The fourth-order valence-electron chi connectivity index (χ4n) is 5.64. The zero-order valence-corrected chi connectivity index (χ0v) is 27.9. The Hall–Kier alpha value is -3.28. The minimum atomic E-state index is -3.47. The first kappa shape index (κ1) is 35.6. The van der Waals surface area contributed by atoms with Crippen molar-refractivity contribution in [3.05, 3.63) is 77.9 Å². The molecule has 11 heteroatoms. The van der Waals surface area contributed by atoms with E-state index in [1.807, 2.05) is 42.5 Å². The number of hydrogen-bond donors (Lipinski definition) is 3. The van der Waals surface area contributed by atoms with Crippen LogP contribution in [0.15, 0.2) is 71.7 Å². The Bertz CT molecular complexity index is 1310. The first-order valence-corrected chi connectivity index (χ1v) is 18.3. The molecule has 1 fully saturated rings. The Morgan fingerprint density at radius 2 is 1.70 bits per heavy atom. The predicted molar refractivity (Wildman–Crippen MR) is 178 cm³/mol. The van der Waals surface area contributed by atoms with E-state index in [9.17, 15) is 18.3 Å². The van der Waals surface area contributed by atoms with Gasteiger partial charge in [-0.25, -0.2) is 13.2 Å². The number of amides is 2. The number of carbonyl (C=O) groups excluding carboxylic acids is 1. The van der Waals surface area contributed by atoms with E-state index in [2.05, 4.69) is 17.6 Å². The van der Waals surface area contributed by atoms with E-state index in [0.717, 1.165) is 24.0 Å². The normalized spacial score (nSPS) is 17.6. The molecule has 0 saturated carbocycles. The van der Waals surface area contributed by atoms with Crippen molar-refractivity contribution in [1.82, 2.24) is 15.5 Å². The summed E-state index contributed by atoms with van der Waals surface area (Å²) in [5.41, 5.74) is 2.10. The summed E-state index contributed by atoms with van der Waals surface area (Å²) in [5.74, 6) is 0.255. The van der Waals surface area contributed by atoms with E-state index in [0.29, 0.717) is 63.3 Å². The summed E-state index contributed by atoms with van der Waals surface area (Å²) >= 11 is 0. The van der Waals surface area contributed by atoms with Crippen LogP contribution in [0.3, 0.4) is 0 Å². The second-order valence-electron chi connectivity index (χ2n) is 12.1. The van der Waals surface area contributed by atoms with Gasteiger partial charge in [0.25, 0.3) is 0 Å². The van der Waals surface area contributed by atoms with Gasteiger partial charge >= 0.3 is 12.0 Å². The third-order valence-corrected chi connectivity index (χ3v) is 10.7. The predicted octanol–water partition coefficient (Wildman–Crippen LogP) is 4.92. The SMILES string of the molecule is CCCCCCCCNC(=O)N1CCC(S(=O)(=O)c2ccc(CCNC[C@H](O)COC3=COC(Cc4ccccc4)O3)cc2)CC1. The topological polar surface area (TPSA) is 126 Å². The highest BCUT2D eigenvalue weighted by Gasteiger charge is 2.32. The molecule has 2 heterocycles. The van der Waals surface area contributed by atoms with Crippen molar-refractivity contribution in [2.75, 3.05) is 39.3 Å². The van der Waals surface area contributed by atoms with E-state index in [1.165, 1.54) is 31.9 Å². The molecule has 2 aromatic carbocycles. The van der Waals surface area contributed by atoms with Gasteiger partial charge in [-0.05, 0) is 55.5 Å². The summed E-state index contributed by atoms with van der Waals surface area (Å²) in [7, 11) is -3.47. The highest BCUT2D eigenvalue weighted by atomic mass is 32.2. The van der Waals surface area contributed by atoms with Gasteiger partial charge in [-0.3, -0.25) is 0 Å². The minimum absolute atomic E-state index is 0.0651. The molecule has 0 aliphatic carbocycles. The molecule has 0 aromatic heterocycles. The quantitative estimate of drug-likeness (QED) is 0.182. The first-order chi connectivity index (χ1) is 22.3. The van der Waals surface area contributed by atoms with Crippen LogP contribution < -0.4 is 10.6 Å². The number of likely N-dealkylation sites (tertiary alicyclic amines) is 1. The van der Waals surface area contributed by atoms with Crippen molar-refractivity contribution >= 4 is 15.9 Å². The molecule has 1 unspecified atom stereocenters. The Kier molecular flexibility index (Phi) is 14.5. The third kappa shape index (κ3) is 11.5. The molecule has 4 rings (SSSR count). The summed E-state index contributed by atoms with van der Waals surface area (Å²) in [4.78, 5) is 14.6.